The zero-order chi connectivity index (χ0) is 32.2. The van der Waals surface area contributed by atoms with Gasteiger partial charge in [-0.2, -0.15) is 4.68 Å². The summed E-state index contributed by atoms with van der Waals surface area (Å²) < 4.78 is 13.1. The lowest BCUT2D eigenvalue weighted by Gasteiger charge is -2.15. The number of rotatable bonds is 10. The van der Waals surface area contributed by atoms with Crippen molar-refractivity contribution in [2.45, 2.75) is 17.8 Å². The van der Waals surface area contributed by atoms with Gasteiger partial charge in [-0.15, -0.1) is 5.10 Å². The first kappa shape index (κ1) is 30.1. The summed E-state index contributed by atoms with van der Waals surface area (Å²) in [5.74, 6) is 0.0468. The third kappa shape index (κ3) is 6.16. The normalized spacial score (nSPS) is 10.9. The van der Waals surface area contributed by atoms with Gasteiger partial charge in [0.25, 0.3) is 5.91 Å². The van der Waals surface area contributed by atoms with Gasteiger partial charge in [0.15, 0.2) is 0 Å². The number of nitrogens with one attached hydrogen (secondary N) is 1. The maximum Gasteiger partial charge on any atom is 0.311 e. The van der Waals surface area contributed by atoms with E-state index in [-0.39, 0.29) is 28.5 Å². The zero-order valence-electron chi connectivity index (χ0n) is 24.6. The largest absolute Gasteiger partial charge is 0.506 e. The SMILES string of the molecule is COc1ccc(C)cc1NC(=O)c1cc(Oc2ccc(CSc3nnnn3-c3ccccc3)cc2[N+](=O)[O-])c2ccccc2c1O. The highest BCUT2D eigenvalue weighted by atomic mass is 32.2. The van der Waals surface area contributed by atoms with Gasteiger partial charge in [-0.3, -0.25) is 14.9 Å². The van der Waals surface area contributed by atoms with Crippen LogP contribution in [0.15, 0.2) is 102 Å². The minimum Gasteiger partial charge on any atom is -0.506 e. The molecule has 0 atom stereocenters. The van der Waals surface area contributed by atoms with E-state index in [0.717, 1.165) is 11.3 Å². The Labute approximate surface area is 266 Å². The molecule has 0 saturated carbocycles. The number of thioether (sulfide) groups is 1. The van der Waals surface area contributed by atoms with E-state index >= 15 is 0 Å². The number of aryl methyl sites for hydroxylation is 1. The molecule has 6 rings (SSSR count). The van der Waals surface area contributed by atoms with Gasteiger partial charge in [-0.25, -0.2) is 0 Å². The molecule has 0 radical (unpaired) electrons. The molecule has 0 unspecified atom stereocenters. The summed E-state index contributed by atoms with van der Waals surface area (Å²) in [7, 11) is 1.49. The molecule has 0 aliphatic rings. The van der Waals surface area contributed by atoms with Gasteiger partial charge < -0.3 is 19.9 Å². The van der Waals surface area contributed by atoms with Crippen molar-refractivity contribution in [3.8, 4) is 28.7 Å². The summed E-state index contributed by atoms with van der Waals surface area (Å²) in [5, 5.41) is 39.3. The zero-order valence-corrected chi connectivity index (χ0v) is 25.4. The highest BCUT2D eigenvalue weighted by Gasteiger charge is 2.23. The Balaban J connectivity index is 1.30. The standard InChI is InChI=1S/C33H26N6O6S/c1-20-12-14-28(44-2)26(16-20)34-32(41)25-18-30(23-10-6-7-11-24(23)31(25)40)45-29-15-13-21(17-27(29)39(42)43)19-46-33-35-36-37-38(33)22-8-4-3-5-9-22/h3-18,40H,19H2,1-2H3,(H,34,41). The lowest BCUT2D eigenvalue weighted by molar-refractivity contribution is -0.385. The number of benzene rings is 5. The van der Waals surface area contributed by atoms with E-state index in [1.807, 2.05) is 43.3 Å². The number of aromatic hydroxyl groups is 1. The van der Waals surface area contributed by atoms with Crippen LogP contribution in [0.3, 0.4) is 0 Å². The third-order valence-corrected chi connectivity index (χ3v) is 8.07. The molecule has 0 aliphatic carbocycles. The Kier molecular flexibility index (Phi) is 8.48. The number of hydrogen-bond donors (Lipinski definition) is 2. The van der Waals surface area contributed by atoms with Crippen molar-refractivity contribution in [1.29, 1.82) is 0 Å². The number of para-hydroxylation sites is 1. The third-order valence-electron chi connectivity index (χ3n) is 7.08. The molecule has 0 spiro atoms. The lowest BCUT2D eigenvalue weighted by Crippen LogP contribution is -2.13. The van der Waals surface area contributed by atoms with Crippen LogP contribution in [0.4, 0.5) is 11.4 Å². The first-order valence-electron chi connectivity index (χ1n) is 13.9. The van der Waals surface area contributed by atoms with E-state index in [1.54, 1.807) is 47.1 Å². The molecule has 12 nitrogen and oxygen atoms in total. The van der Waals surface area contributed by atoms with Crippen molar-refractivity contribution in [3.05, 3.63) is 124 Å². The minimum absolute atomic E-state index is 0.0320. The summed E-state index contributed by atoms with van der Waals surface area (Å²) in [6.07, 6.45) is 0. The molecule has 0 fully saturated rings. The number of phenols is 1. The van der Waals surface area contributed by atoms with Crippen LogP contribution in [0.25, 0.3) is 16.5 Å². The molecule has 1 aromatic heterocycles. The molecule has 0 aliphatic heterocycles. The second-order valence-electron chi connectivity index (χ2n) is 10.1. The van der Waals surface area contributed by atoms with Gasteiger partial charge in [-0.1, -0.05) is 66.4 Å². The van der Waals surface area contributed by atoms with E-state index < -0.39 is 10.8 Å². The summed E-state index contributed by atoms with van der Waals surface area (Å²) >= 11 is 1.33. The highest BCUT2D eigenvalue weighted by Crippen LogP contribution is 2.41. The van der Waals surface area contributed by atoms with Crippen molar-refractivity contribution in [3.63, 3.8) is 0 Å². The van der Waals surface area contributed by atoms with Gasteiger partial charge in [-0.05, 0) is 64.9 Å². The molecule has 46 heavy (non-hydrogen) atoms. The molecule has 1 amide bonds. The molecule has 0 bridgehead atoms. The van der Waals surface area contributed by atoms with Crippen LogP contribution in [-0.4, -0.2) is 43.3 Å². The van der Waals surface area contributed by atoms with Crippen molar-refractivity contribution < 1.29 is 24.3 Å². The predicted octanol–water partition coefficient (Wildman–Crippen LogP) is 7.08. The first-order chi connectivity index (χ1) is 22.3. The number of phenolic OH excluding ortho intramolecular Hbond substituents is 1. The second-order valence-corrected chi connectivity index (χ2v) is 11.1. The Bertz CT molecular complexity index is 2090. The van der Waals surface area contributed by atoms with Crippen molar-refractivity contribution >= 4 is 39.8 Å². The molecule has 6 aromatic rings. The molecule has 230 valence electrons. The van der Waals surface area contributed by atoms with Gasteiger partial charge in [0.1, 0.15) is 17.2 Å². The van der Waals surface area contributed by atoms with Crippen LogP contribution in [0.2, 0.25) is 0 Å². The highest BCUT2D eigenvalue weighted by molar-refractivity contribution is 7.98. The van der Waals surface area contributed by atoms with Crippen LogP contribution in [0.5, 0.6) is 23.0 Å². The van der Waals surface area contributed by atoms with Crippen molar-refractivity contribution in [2.75, 3.05) is 12.4 Å². The molecular formula is C33H26N6O6S. The number of methoxy groups -OCH3 is 1. The predicted molar refractivity (Wildman–Crippen MR) is 173 cm³/mol. The number of aromatic nitrogens is 4. The Hall–Kier alpha value is -5.95. The molecule has 2 N–H and O–H groups in total. The number of nitro groups is 1. The first-order valence-corrected chi connectivity index (χ1v) is 14.9. The fourth-order valence-corrected chi connectivity index (χ4v) is 5.68. The van der Waals surface area contributed by atoms with Crippen molar-refractivity contribution in [2.24, 2.45) is 0 Å². The topological polar surface area (TPSA) is 155 Å². The van der Waals surface area contributed by atoms with E-state index in [1.165, 1.54) is 37.1 Å². The molecular weight excluding hydrogens is 608 g/mol. The fourth-order valence-electron chi connectivity index (χ4n) is 4.84. The number of hydrogen-bond acceptors (Lipinski definition) is 10. The van der Waals surface area contributed by atoms with Gasteiger partial charge >= 0.3 is 5.69 Å². The number of nitro benzene ring substituents is 1. The summed E-state index contributed by atoms with van der Waals surface area (Å²) in [4.78, 5) is 25.1. The average Bonchev–Trinajstić information content (AvgIpc) is 3.54. The van der Waals surface area contributed by atoms with E-state index in [9.17, 15) is 20.0 Å². The van der Waals surface area contributed by atoms with Crippen LogP contribution in [-0.2, 0) is 5.75 Å². The van der Waals surface area contributed by atoms with Crippen LogP contribution >= 0.6 is 11.8 Å². The van der Waals surface area contributed by atoms with E-state index in [4.69, 9.17) is 9.47 Å². The number of carbonyl (C=O) groups excluding carboxylic acids is 1. The molecule has 1 heterocycles. The van der Waals surface area contributed by atoms with Gasteiger partial charge in [0, 0.05) is 22.6 Å². The molecule has 0 saturated heterocycles. The quantitative estimate of drug-likeness (QED) is 0.0907. The summed E-state index contributed by atoms with van der Waals surface area (Å²) in [5.41, 5.74) is 2.40. The number of fused-ring (bicyclic) bond motifs is 1. The van der Waals surface area contributed by atoms with E-state index in [2.05, 4.69) is 20.8 Å². The number of ether oxygens (including phenoxy) is 2. The van der Waals surface area contributed by atoms with Crippen LogP contribution < -0.4 is 14.8 Å². The van der Waals surface area contributed by atoms with Gasteiger partial charge in [0.2, 0.25) is 10.9 Å². The van der Waals surface area contributed by atoms with E-state index in [0.29, 0.717) is 38.7 Å². The Morgan fingerprint density at radius 2 is 1.70 bits per heavy atom. The molecule has 13 heteroatoms. The number of carbonyl (C=O) groups is 1. The van der Waals surface area contributed by atoms with Crippen LogP contribution in [0.1, 0.15) is 21.5 Å². The Morgan fingerprint density at radius 3 is 2.46 bits per heavy atom. The fraction of sp³-hybridized carbons (Fsp3) is 0.0909. The maximum atomic E-state index is 13.5. The minimum atomic E-state index is -0.614. The Morgan fingerprint density at radius 1 is 0.957 bits per heavy atom. The molecule has 5 aromatic carbocycles. The smallest absolute Gasteiger partial charge is 0.311 e. The second kappa shape index (κ2) is 13.0. The number of tetrazole rings is 1. The van der Waals surface area contributed by atoms with Crippen LogP contribution in [0, 0.1) is 17.0 Å². The van der Waals surface area contributed by atoms with Crippen molar-refractivity contribution in [1.82, 2.24) is 20.2 Å². The number of nitrogens with zero attached hydrogens (tertiary/aromatic N) is 5. The summed E-state index contributed by atoms with van der Waals surface area (Å²) in [6.45, 7) is 1.87. The van der Waals surface area contributed by atoms with Gasteiger partial charge in [0.05, 0.1) is 29.0 Å². The number of amides is 1. The summed E-state index contributed by atoms with van der Waals surface area (Å²) in [6, 6.07) is 27.5. The average molecular weight is 635 g/mol. The maximum absolute atomic E-state index is 13.5. The monoisotopic (exact) mass is 634 g/mol. The number of anilines is 1. The lowest BCUT2D eigenvalue weighted by atomic mass is 10.0.